The molecule has 17 heavy (non-hydrogen) atoms. The Morgan fingerprint density at radius 1 is 1.41 bits per heavy atom. The number of benzene rings is 1. The zero-order valence-corrected chi connectivity index (χ0v) is 8.45. The van der Waals surface area contributed by atoms with Crippen molar-refractivity contribution >= 4 is 18.3 Å². The summed E-state index contributed by atoms with van der Waals surface area (Å²) in [6.45, 7) is 0.0275. The van der Waals surface area contributed by atoms with Crippen molar-refractivity contribution in [2.75, 3.05) is 6.79 Å². The number of nitro benzene ring substituents is 1. The highest BCUT2D eigenvalue weighted by atomic mass is 16.7. The van der Waals surface area contributed by atoms with Gasteiger partial charge in [0.1, 0.15) is 0 Å². The number of hydrazone groups is 1. The second-order valence-electron chi connectivity index (χ2n) is 3.03. The fourth-order valence-corrected chi connectivity index (χ4v) is 1.35. The summed E-state index contributed by atoms with van der Waals surface area (Å²) in [6, 6.07) is 2.68. The molecule has 8 nitrogen and oxygen atoms in total. The lowest BCUT2D eigenvalue weighted by Gasteiger charge is -1.99. The van der Waals surface area contributed by atoms with Crippen LogP contribution in [-0.4, -0.2) is 24.3 Å². The fourth-order valence-electron chi connectivity index (χ4n) is 1.35. The van der Waals surface area contributed by atoms with Gasteiger partial charge in [-0.25, -0.2) is 5.43 Å². The minimum atomic E-state index is -0.565. The second kappa shape index (κ2) is 4.47. The molecule has 0 saturated heterocycles. The topological polar surface area (TPSA) is 103 Å². The number of nitrogens with one attached hydrogen (secondary N) is 1. The molecule has 1 amide bonds. The Labute approximate surface area is 95.0 Å². The van der Waals surface area contributed by atoms with Crippen LogP contribution in [0.5, 0.6) is 11.5 Å². The van der Waals surface area contributed by atoms with Crippen molar-refractivity contribution in [1.29, 1.82) is 0 Å². The first kappa shape index (κ1) is 10.9. The number of nitro groups is 1. The summed E-state index contributed by atoms with van der Waals surface area (Å²) in [7, 11) is 0. The number of nitrogens with zero attached hydrogens (tertiary/aromatic N) is 2. The summed E-state index contributed by atoms with van der Waals surface area (Å²) < 4.78 is 10.1. The number of carbonyl (C=O) groups is 1. The van der Waals surface area contributed by atoms with E-state index < -0.39 is 4.92 Å². The van der Waals surface area contributed by atoms with Crippen molar-refractivity contribution in [2.24, 2.45) is 5.10 Å². The molecule has 0 unspecified atom stereocenters. The molecule has 1 aromatic carbocycles. The zero-order chi connectivity index (χ0) is 12.3. The third-order valence-corrected chi connectivity index (χ3v) is 2.05. The van der Waals surface area contributed by atoms with E-state index in [0.29, 0.717) is 17.9 Å². The molecule has 0 atom stereocenters. The molecule has 2 rings (SSSR count). The number of hydrogen-bond donors (Lipinski definition) is 1. The number of fused-ring (bicyclic) bond motifs is 1. The van der Waals surface area contributed by atoms with Crippen LogP contribution in [0, 0.1) is 10.1 Å². The number of hydrogen-bond acceptors (Lipinski definition) is 6. The van der Waals surface area contributed by atoms with Gasteiger partial charge in [-0.2, -0.15) is 5.10 Å². The molecule has 0 fully saturated rings. The Morgan fingerprint density at radius 3 is 2.76 bits per heavy atom. The predicted octanol–water partition coefficient (Wildman–Crippen LogP) is 0.403. The molecule has 1 heterocycles. The van der Waals surface area contributed by atoms with Gasteiger partial charge in [0.15, 0.2) is 11.5 Å². The monoisotopic (exact) mass is 237 g/mol. The smallest absolute Gasteiger partial charge is 0.282 e. The number of ether oxygens (including phenoxy) is 2. The van der Waals surface area contributed by atoms with E-state index in [9.17, 15) is 14.9 Å². The molecule has 1 aliphatic heterocycles. The van der Waals surface area contributed by atoms with Gasteiger partial charge in [0.2, 0.25) is 13.2 Å². The highest BCUT2D eigenvalue weighted by molar-refractivity contribution is 5.87. The van der Waals surface area contributed by atoms with Crippen molar-refractivity contribution in [1.82, 2.24) is 5.43 Å². The molecular weight excluding hydrogens is 230 g/mol. The zero-order valence-electron chi connectivity index (χ0n) is 8.45. The van der Waals surface area contributed by atoms with Gasteiger partial charge in [0.05, 0.1) is 22.8 Å². The molecule has 0 bridgehead atoms. The Kier molecular flexibility index (Phi) is 2.86. The molecule has 1 aliphatic rings. The quantitative estimate of drug-likeness (QED) is 0.353. The van der Waals surface area contributed by atoms with Gasteiger partial charge in [-0.1, -0.05) is 0 Å². The van der Waals surface area contributed by atoms with Crippen molar-refractivity contribution in [3.8, 4) is 11.5 Å². The predicted molar refractivity (Wildman–Crippen MR) is 56.0 cm³/mol. The number of carbonyl (C=O) groups excluding carboxylic acids is 1. The largest absolute Gasteiger partial charge is 0.454 e. The van der Waals surface area contributed by atoms with Crippen molar-refractivity contribution in [3.63, 3.8) is 0 Å². The van der Waals surface area contributed by atoms with E-state index in [1.165, 1.54) is 12.1 Å². The summed E-state index contributed by atoms with van der Waals surface area (Å²) in [5.74, 6) is 0.723. The van der Waals surface area contributed by atoms with E-state index in [1.807, 2.05) is 5.43 Å². The van der Waals surface area contributed by atoms with Gasteiger partial charge < -0.3 is 9.47 Å². The molecule has 0 saturated carbocycles. The van der Waals surface area contributed by atoms with Crippen LogP contribution >= 0.6 is 0 Å². The van der Waals surface area contributed by atoms with Crippen molar-refractivity contribution in [3.05, 3.63) is 27.8 Å². The van der Waals surface area contributed by atoms with Crippen molar-refractivity contribution in [2.45, 2.75) is 0 Å². The molecule has 8 heteroatoms. The molecule has 0 radical (unpaired) electrons. The maximum atomic E-state index is 10.8. The van der Waals surface area contributed by atoms with Crippen LogP contribution in [0.15, 0.2) is 17.2 Å². The molecule has 1 N–H and O–H groups in total. The molecule has 1 aromatic rings. The van der Waals surface area contributed by atoms with Gasteiger partial charge in [-0.3, -0.25) is 14.9 Å². The van der Waals surface area contributed by atoms with Gasteiger partial charge in [-0.15, -0.1) is 0 Å². The lowest BCUT2D eigenvalue weighted by Crippen LogP contribution is -2.02. The second-order valence-corrected chi connectivity index (χ2v) is 3.03. The maximum Gasteiger partial charge on any atom is 0.282 e. The van der Waals surface area contributed by atoms with Gasteiger partial charge >= 0.3 is 0 Å². The SMILES string of the molecule is O=CN/N=C\c1cc2c(cc1[N+](=O)[O-])OCO2. The number of amides is 1. The van der Waals surface area contributed by atoms with Gasteiger partial charge in [0, 0.05) is 0 Å². The first-order chi connectivity index (χ1) is 8.22. The van der Waals surface area contributed by atoms with E-state index in [1.54, 1.807) is 0 Å². The van der Waals surface area contributed by atoms with Crippen LogP contribution < -0.4 is 14.9 Å². The first-order valence-electron chi connectivity index (χ1n) is 4.52. The molecule has 0 spiro atoms. The van der Waals surface area contributed by atoms with Crippen molar-refractivity contribution < 1.29 is 19.2 Å². The summed E-state index contributed by atoms with van der Waals surface area (Å²) in [4.78, 5) is 20.2. The van der Waals surface area contributed by atoms with Crippen LogP contribution in [-0.2, 0) is 4.79 Å². The molecule has 88 valence electrons. The van der Waals surface area contributed by atoms with E-state index in [4.69, 9.17) is 9.47 Å². The van der Waals surface area contributed by atoms with Crippen LogP contribution in [0.25, 0.3) is 0 Å². The van der Waals surface area contributed by atoms with Gasteiger partial charge in [-0.05, 0) is 6.07 Å². The third-order valence-electron chi connectivity index (χ3n) is 2.05. The molecule has 0 aliphatic carbocycles. The highest BCUT2D eigenvalue weighted by Crippen LogP contribution is 2.37. The summed E-state index contributed by atoms with van der Waals surface area (Å²) >= 11 is 0. The first-order valence-corrected chi connectivity index (χ1v) is 4.52. The number of rotatable bonds is 4. The summed E-state index contributed by atoms with van der Waals surface area (Å²) in [5.41, 5.74) is 2.07. The van der Waals surface area contributed by atoms with E-state index in [0.717, 1.165) is 6.21 Å². The molecular formula is C9H7N3O5. The van der Waals surface area contributed by atoms with Gasteiger partial charge in [0.25, 0.3) is 5.69 Å². The Bertz CT molecular complexity index is 500. The fraction of sp³-hybridized carbons (Fsp3) is 0.111. The van der Waals surface area contributed by atoms with E-state index in [2.05, 4.69) is 5.10 Å². The Hall–Kier alpha value is -2.64. The van der Waals surface area contributed by atoms with Crippen LogP contribution in [0.3, 0.4) is 0 Å². The van der Waals surface area contributed by atoms with Crippen LogP contribution in [0.4, 0.5) is 5.69 Å². The Morgan fingerprint density at radius 2 is 2.12 bits per heavy atom. The lowest BCUT2D eigenvalue weighted by molar-refractivity contribution is -0.385. The maximum absolute atomic E-state index is 10.8. The Balaban J connectivity index is 2.41. The average Bonchev–Trinajstić information content (AvgIpc) is 2.75. The minimum absolute atomic E-state index is 0.0275. The minimum Gasteiger partial charge on any atom is -0.454 e. The van der Waals surface area contributed by atoms with E-state index in [-0.39, 0.29) is 18.0 Å². The standard InChI is InChI=1S/C9H7N3O5/c13-4-11-10-3-6-1-8-9(17-5-16-8)2-7(6)12(14)15/h1-4H,5H2,(H,11,13)/b10-3-. The third kappa shape index (κ3) is 2.14. The molecule has 0 aromatic heterocycles. The van der Waals surface area contributed by atoms with Crippen LogP contribution in [0.1, 0.15) is 5.56 Å². The van der Waals surface area contributed by atoms with Crippen LogP contribution in [0.2, 0.25) is 0 Å². The average molecular weight is 237 g/mol. The van der Waals surface area contributed by atoms with E-state index >= 15 is 0 Å². The summed E-state index contributed by atoms with van der Waals surface area (Å²) in [6.07, 6.45) is 1.52. The lowest BCUT2D eigenvalue weighted by atomic mass is 10.1. The highest BCUT2D eigenvalue weighted by Gasteiger charge is 2.22. The summed E-state index contributed by atoms with van der Waals surface area (Å²) in [5, 5.41) is 14.3. The normalized spacial score (nSPS) is 12.7.